The van der Waals surface area contributed by atoms with Crippen LogP contribution in [-0.4, -0.2) is 59.4 Å². The van der Waals surface area contributed by atoms with Crippen LogP contribution in [0, 0.1) is 5.41 Å². The third-order valence-corrected chi connectivity index (χ3v) is 6.41. The number of halogens is 3. The third kappa shape index (κ3) is 3.97. The van der Waals surface area contributed by atoms with E-state index in [4.69, 9.17) is 0 Å². The van der Waals surface area contributed by atoms with Crippen LogP contribution in [0.4, 0.5) is 19.0 Å². The molecule has 0 atom stereocenters. The zero-order chi connectivity index (χ0) is 20.6. The van der Waals surface area contributed by atoms with Gasteiger partial charge in [0.15, 0.2) is 0 Å². The van der Waals surface area contributed by atoms with Crippen molar-refractivity contribution in [2.45, 2.75) is 44.7 Å². The summed E-state index contributed by atoms with van der Waals surface area (Å²) in [6, 6.07) is 2.43. The molecule has 1 aromatic heterocycles. The van der Waals surface area contributed by atoms with E-state index in [0.29, 0.717) is 45.1 Å². The number of piperazine rings is 1. The number of likely N-dealkylation sites (tertiary alicyclic amines) is 1. The number of anilines is 1. The van der Waals surface area contributed by atoms with Crippen LogP contribution >= 0.6 is 0 Å². The van der Waals surface area contributed by atoms with Crippen molar-refractivity contribution in [2.75, 3.05) is 37.7 Å². The Hall–Kier alpha value is -2.16. The molecule has 4 rings (SSSR count). The van der Waals surface area contributed by atoms with E-state index in [2.05, 4.69) is 9.88 Å². The van der Waals surface area contributed by atoms with Crippen molar-refractivity contribution in [2.24, 2.45) is 5.41 Å². The minimum Gasteiger partial charge on any atom is -0.354 e. The van der Waals surface area contributed by atoms with Crippen molar-refractivity contribution < 1.29 is 22.8 Å². The van der Waals surface area contributed by atoms with E-state index in [0.717, 1.165) is 44.4 Å². The molecule has 1 saturated carbocycles. The van der Waals surface area contributed by atoms with Crippen molar-refractivity contribution >= 4 is 17.6 Å². The number of amides is 2. The van der Waals surface area contributed by atoms with Crippen molar-refractivity contribution in [3.8, 4) is 0 Å². The van der Waals surface area contributed by atoms with Gasteiger partial charge in [-0.1, -0.05) is 19.3 Å². The Balaban J connectivity index is 1.33. The maximum Gasteiger partial charge on any atom is 0.417 e. The first kappa shape index (κ1) is 20.1. The zero-order valence-electron chi connectivity index (χ0n) is 16.2. The van der Waals surface area contributed by atoms with E-state index in [1.54, 1.807) is 0 Å². The number of imide groups is 1. The molecule has 2 aliphatic heterocycles. The van der Waals surface area contributed by atoms with Gasteiger partial charge in [0.25, 0.3) is 0 Å². The van der Waals surface area contributed by atoms with Crippen LogP contribution in [0.15, 0.2) is 18.3 Å². The number of alkyl halides is 3. The summed E-state index contributed by atoms with van der Waals surface area (Å²) < 4.78 is 38.0. The second kappa shape index (κ2) is 7.59. The normalized spacial score (nSPS) is 23.3. The lowest BCUT2D eigenvalue weighted by Crippen LogP contribution is -2.52. The van der Waals surface area contributed by atoms with E-state index in [-0.39, 0.29) is 11.8 Å². The molecule has 0 unspecified atom stereocenters. The first-order valence-corrected chi connectivity index (χ1v) is 10.1. The molecule has 3 heterocycles. The molecule has 2 saturated heterocycles. The van der Waals surface area contributed by atoms with Gasteiger partial charge in [-0.15, -0.1) is 0 Å². The fourth-order valence-corrected chi connectivity index (χ4v) is 4.68. The molecule has 9 heteroatoms. The second-order valence-corrected chi connectivity index (χ2v) is 8.29. The number of carbonyl (C=O) groups excluding carboxylic acids is 2. The van der Waals surface area contributed by atoms with Gasteiger partial charge in [0.1, 0.15) is 5.82 Å². The van der Waals surface area contributed by atoms with E-state index in [1.165, 1.54) is 11.0 Å². The van der Waals surface area contributed by atoms with Crippen LogP contribution in [0.1, 0.15) is 44.1 Å². The molecule has 1 spiro atoms. The van der Waals surface area contributed by atoms with Gasteiger partial charge in [0.2, 0.25) is 11.8 Å². The standard InChI is InChI=1S/C20H25F3N4O2/c21-20(22,23)15-4-5-16(24-13-15)26-10-8-25(9-11-26)14-27-17(28)12-19(18(27)29)6-2-1-3-7-19/h4-5,13H,1-3,6-12,14H2. The topological polar surface area (TPSA) is 56.8 Å². The molecular formula is C20H25F3N4O2. The number of carbonyl (C=O) groups is 2. The summed E-state index contributed by atoms with van der Waals surface area (Å²) in [5.41, 5.74) is -1.23. The van der Waals surface area contributed by atoms with Crippen molar-refractivity contribution in [1.82, 2.24) is 14.8 Å². The van der Waals surface area contributed by atoms with Crippen LogP contribution in [0.3, 0.4) is 0 Å². The zero-order valence-corrected chi connectivity index (χ0v) is 16.2. The number of pyridine rings is 1. The van der Waals surface area contributed by atoms with E-state index in [9.17, 15) is 22.8 Å². The molecule has 1 aliphatic carbocycles. The minimum absolute atomic E-state index is 0.0194. The maximum atomic E-state index is 12.9. The maximum absolute atomic E-state index is 12.9. The highest BCUT2D eigenvalue weighted by Crippen LogP contribution is 2.45. The average Bonchev–Trinajstić information content (AvgIpc) is 2.92. The Morgan fingerprint density at radius 2 is 1.69 bits per heavy atom. The van der Waals surface area contributed by atoms with Crippen LogP contribution in [0.25, 0.3) is 0 Å². The largest absolute Gasteiger partial charge is 0.417 e. The van der Waals surface area contributed by atoms with Gasteiger partial charge < -0.3 is 4.90 Å². The van der Waals surface area contributed by atoms with Crippen molar-refractivity contribution in [3.63, 3.8) is 0 Å². The monoisotopic (exact) mass is 410 g/mol. The third-order valence-electron chi connectivity index (χ3n) is 6.41. The molecule has 6 nitrogen and oxygen atoms in total. The van der Waals surface area contributed by atoms with Crippen LogP contribution in [-0.2, 0) is 15.8 Å². The Morgan fingerprint density at radius 1 is 1.00 bits per heavy atom. The Labute approximate surface area is 167 Å². The summed E-state index contributed by atoms with van der Waals surface area (Å²) in [4.78, 5) is 34.8. The summed E-state index contributed by atoms with van der Waals surface area (Å²) >= 11 is 0. The average molecular weight is 410 g/mol. The number of rotatable bonds is 3. The van der Waals surface area contributed by atoms with Gasteiger partial charge >= 0.3 is 6.18 Å². The molecule has 29 heavy (non-hydrogen) atoms. The van der Waals surface area contributed by atoms with Crippen LogP contribution in [0.2, 0.25) is 0 Å². The molecule has 158 valence electrons. The Kier molecular flexibility index (Phi) is 5.27. The summed E-state index contributed by atoms with van der Waals surface area (Å²) in [7, 11) is 0. The summed E-state index contributed by atoms with van der Waals surface area (Å²) in [6.07, 6.45) is 1.55. The van der Waals surface area contributed by atoms with Crippen LogP contribution in [0.5, 0.6) is 0 Å². The molecular weight excluding hydrogens is 385 g/mol. The van der Waals surface area contributed by atoms with E-state index < -0.39 is 17.2 Å². The number of hydrogen-bond donors (Lipinski definition) is 0. The molecule has 0 aromatic carbocycles. The first-order chi connectivity index (χ1) is 13.8. The molecule has 0 radical (unpaired) electrons. The molecule has 0 N–H and O–H groups in total. The molecule has 3 fully saturated rings. The molecule has 2 amide bonds. The van der Waals surface area contributed by atoms with E-state index in [1.807, 2.05) is 4.90 Å². The lowest BCUT2D eigenvalue weighted by atomic mass is 9.73. The summed E-state index contributed by atoms with van der Waals surface area (Å²) in [5, 5.41) is 0. The van der Waals surface area contributed by atoms with Gasteiger partial charge in [0.05, 0.1) is 17.6 Å². The predicted octanol–water partition coefficient (Wildman–Crippen LogP) is 2.89. The van der Waals surface area contributed by atoms with Crippen LogP contribution < -0.4 is 4.90 Å². The quantitative estimate of drug-likeness (QED) is 0.718. The van der Waals surface area contributed by atoms with Gasteiger partial charge in [0, 0.05) is 38.8 Å². The van der Waals surface area contributed by atoms with E-state index >= 15 is 0 Å². The van der Waals surface area contributed by atoms with Gasteiger partial charge in [-0.25, -0.2) is 4.98 Å². The smallest absolute Gasteiger partial charge is 0.354 e. The second-order valence-electron chi connectivity index (χ2n) is 8.29. The summed E-state index contributed by atoms with van der Waals surface area (Å²) in [6.45, 7) is 2.70. The Morgan fingerprint density at radius 3 is 2.28 bits per heavy atom. The fourth-order valence-electron chi connectivity index (χ4n) is 4.68. The lowest BCUT2D eigenvalue weighted by molar-refractivity contribution is -0.144. The van der Waals surface area contributed by atoms with Crippen molar-refractivity contribution in [1.29, 1.82) is 0 Å². The van der Waals surface area contributed by atoms with Gasteiger partial charge in [-0.3, -0.25) is 19.4 Å². The highest BCUT2D eigenvalue weighted by atomic mass is 19.4. The number of nitrogens with zero attached hydrogens (tertiary/aromatic N) is 4. The summed E-state index contributed by atoms with van der Waals surface area (Å²) in [5.74, 6) is 0.407. The SMILES string of the molecule is O=C1CC2(CCCCC2)C(=O)N1CN1CCN(c2ccc(C(F)(F)F)cn2)CC1. The number of hydrogen-bond acceptors (Lipinski definition) is 5. The highest BCUT2D eigenvalue weighted by Gasteiger charge is 2.51. The van der Waals surface area contributed by atoms with Gasteiger partial charge in [-0.2, -0.15) is 13.2 Å². The fraction of sp³-hybridized carbons (Fsp3) is 0.650. The minimum atomic E-state index is -4.39. The predicted molar refractivity (Wildman–Crippen MR) is 99.9 cm³/mol. The number of aromatic nitrogens is 1. The lowest BCUT2D eigenvalue weighted by Gasteiger charge is -2.37. The molecule has 0 bridgehead atoms. The van der Waals surface area contributed by atoms with Gasteiger partial charge in [-0.05, 0) is 25.0 Å². The first-order valence-electron chi connectivity index (χ1n) is 10.1. The Bertz CT molecular complexity index is 767. The van der Waals surface area contributed by atoms with Crippen molar-refractivity contribution in [3.05, 3.63) is 23.9 Å². The molecule has 3 aliphatic rings. The molecule has 1 aromatic rings. The highest BCUT2D eigenvalue weighted by molar-refractivity contribution is 6.05.